The Morgan fingerprint density at radius 3 is 2.52 bits per heavy atom. The maximum atomic E-state index is 12.2. The van der Waals surface area contributed by atoms with Crippen LogP contribution in [0.4, 0.5) is 0 Å². The summed E-state index contributed by atoms with van der Waals surface area (Å²) in [5.74, 6) is -0.218. The number of hydrogen-bond donors (Lipinski definition) is 0. The summed E-state index contributed by atoms with van der Waals surface area (Å²) in [4.78, 5) is 15.1. The summed E-state index contributed by atoms with van der Waals surface area (Å²) < 4.78 is 22.4. The second-order valence-electron chi connectivity index (χ2n) is 5.35. The Hall–Kier alpha value is -1.01. The lowest BCUT2D eigenvalue weighted by molar-refractivity contribution is -0.133. The molecule has 21 heavy (non-hydrogen) atoms. The van der Waals surface area contributed by atoms with E-state index in [2.05, 4.69) is 6.07 Å². The van der Waals surface area contributed by atoms with E-state index in [1.165, 1.54) is 0 Å². The highest BCUT2D eigenvalue weighted by Gasteiger charge is 2.19. The molecular formula is C15H23NO3S2. The average molecular weight is 329 g/mol. The first-order chi connectivity index (χ1) is 9.73. The van der Waals surface area contributed by atoms with Crippen LogP contribution in [0.2, 0.25) is 0 Å². The van der Waals surface area contributed by atoms with Crippen molar-refractivity contribution in [2.75, 3.05) is 18.3 Å². The minimum absolute atomic E-state index is 0.0370. The molecule has 0 N–H and O–H groups in total. The monoisotopic (exact) mass is 329 g/mol. The van der Waals surface area contributed by atoms with Gasteiger partial charge in [0.05, 0.1) is 5.75 Å². The third-order valence-electron chi connectivity index (χ3n) is 3.12. The Labute approximate surface area is 131 Å². The Morgan fingerprint density at radius 1 is 1.33 bits per heavy atom. The van der Waals surface area contributed by atoms with Crippen LogP contribution in [-0.2, 0) is 21.2 Å². The van der Waals surface area contributed by atoms with E-state index in [-0.39, 0.29) is 24.1 Å². The first-order valence-corrected chi connectivity index (χ1v) is 10.1. The van der Waals surface area contributed by atoms with Crippen LogP contribution in [0, 0.1) is 0 Å². The molecule has 1 rings (SSSR count). The molecule has 0 heterocycles. The van der Waals surface area contributed by atoms with Gasteiger partial charge in [0.2, 0.25) is 5.91 Å². The molecule has 1 amide bonds. The molecule has 0 saturated carbocycles. The molecule has 4 nitrogen and oxygen atoms in total. The van der Waals surface area contributed by atoms with Gasteiger partial charge >= 0.3 is 0 Å². The van der Waals surface area contributed by atoms with Crippen LogP contribution >= 0.6 is 11.8 Å². The van der Waals surface area contributed by atoms with Crippen molar-refractivity contribution in [1.29, 1.82) is 0 Å². The summed E-state index contributed by atoms with van der Waals surface area (Å²) in [7, 11) is -3.11. The van der Waals surface area contributed by atoms with Crippen molar-refractivity contribution >= 4 is 27.5 Å². The average Bonchev–Trinajstić information content (AvgIpc) is 2.41. The number of carbonyl (C=O) groups is 1. The summed E-state index contributed by atoms with van der Waals surface area (Å²) in [6.45, 7) is 4.39. The molecule has 0 spiro atoms. The maximum Gasteiger partial charge on any atom is 0.224 e. The lowest BCUT2D eigenvalue weighted by Crippen LogP contribution is -2.37. The number of hydrogen-bond acceptors (Lipinski definition) is 4. The molecule has 0 bridgehead atoms. The molecule has 0 radical (unpaired) electrons. The third kappa shape index (κ3) is 6.52. The van der Waals surface area contributed by atoms with Crippen molar-refractivity contribution in [2.45, 2.75) is 37.8 Å². The van der Waals surface area contributed by atoms with Crippen molar-refractivity contribution in [2.24, 2.45) is 0 Å². The summed E-state index contributed by atoms with van der Waals surface area (Å²) in [6.07, 6.45) is 3.21. The second kappa shape index (κ2) is 7.84. The van der Waals surface area contributed by atoms with E-state index in [0.29, 0.717) is 6.54 Å². The van der Waals surface area contributed by atoms with Crippen LogP contribution in [-0.4, -0.2) is 43.5 Å². The van der Waals surface area contributed by atoms with Crippen molar-refractivity contribution < 1.29 is 13.2 Å². The van der Waals surface area contributed by atoms with Crippen LogP contribution in [0.25, 0.3) is 0 Å². The number of thioether (sulfide) groups is 1. The minimum atomic E-state index is -3.11. The highest BCUT2D eigenvalue weighted by molar-refractivity contribution is 7.98. The number of sulfone groups is 1. The zero-order valence-corrected chi connectivity index (χ0v) is 14.6. The van der Waals surface area contributed by atoms with E-state index in [0.717, 1.165) is 16.7 Å². The van der Waals surface area contributed by atoms with Gasteiger partial charge in [-0.05, 0) is 37.8 Å². The van der Waals surface area contributed by atoms with Crippen molar-refractivity contribution in [3.05, 3.63) is 29.8 Å². The lowest BCUT2D eigenvalue weighted by Gasteiger charge is -2.27. The standard InChI is InChI=1S/C15H23NO3S2/c1-12(2)16(15(17)8-9-21(4,18)19)11-13-6-5-7-14(10-13)20-3/h5-7,10,12H,8-9,11H2,1-4H3. The SMILES string of the molecule is CSc1cccc(CN(C(=O)CCS(C)(=O)=O)C(C)C)c1. The Balaban J connectivity index is 2.79. The normalized spacial score (nSPS) is 11.7. The fraction of sp³-hybridized carbons (Fsp3) is 0.533. The Bertz CT molecular complexity index is 582. The van der Waals surface area contributed by atoms with E-state index in [1.54, 1.807) is 16.7 Å². The number of rotatable bonds is 7. The number of benzene rings is 1. The predicted molar refractivity (Wildman–Crippen MR) is 88.2 cm³/mol. The molecule has 1 aromatic rings. The zero-order valence-electron chi connectivity index (χ0n) is 13.0. The van der Waals surface area contributed by atoms with Gasteiger partial charge in [-0.3, -0.25) is 4.79 Å². The van der Waals surface area contributed by atoms with Crippen molar-refractivity contribution in [1.82, 2.24) is 4.90 Å². The van der Waals surface area contributed by atoms with Crippen LogP contribution < -0.4 is 0 Å². The lowest BCUT2D eigenvalue weighted by atomic mass is 10.2. The molecule has 0 aliphatic rings. The number of amides is 1. The Kier molecular flexibility index (Phi) is 6.74. The summed E-state index contributed by atoms with van der Waals surface area (Å²) in [6, 6.07) is 8.08. The van der Waals surface area contributed by atoms with E-state index >= 15 is 0 Å². The molecule has 118 valence electrons. The highest BCUT2D eigenvalue weighted by atomic mass is 32.2. The van der Waals surface area contributed by atoms with E-state index in [9.17, 15) is 13.2 Å². The quantitative estimate of drug-likeness (QED) is 0.722. The smallest absolute Gasteiger partial charge is 0.224 e. The Morgan fingerprint density at radius 2 is 2.00 bits per heavy atom. The molecule has 6 heteroatoms. The van der Waals surface area contributed by atoms with Crippen LogP contribution in [0.5, 0.6) is 0 Å². The zero-order chi connectivity index (χ0) is 16.0. The van der Waals surface area contributed by atoms with E-state index in [4.69, 9.17) is 0 Å². The molecule has 0 aliphatic carbocycles. The molecule has 0 unspecified atom stereocenters. The second-order valence-corrected chi connectivity index (χ2v) is 8.49. The van der Waals surface area contributed by atoms with Gasteiger partial charge in [-0.15, -0.1) is 11.8 Å². The van der Waals surface area contributed by atoms with E-state index < -0.39 is 9.84 Å². The molecule has 0 aliphatic heterocycles. The largest absolute Gasteiger partial charge is 0.336 e. The van der Waals surface area contributed by atoms with Gasteiger partial charge in [0.15, 0.2) is 0 Å². The summed E-state index contributed by atoms with van der Waals surface area (Å²) in [5, 5.41) is 0. The van der Waals surface area contributed by atoms with Gasteiger partial charge < -0.3 is 4.90 Å². The van der Waals surface area contributed by atoms with Crippen LogP contribution in [0.1, 0.15) is 25.8 Å². The van der Waals surface area contributed by atoms with Crippen molar-refractivity contribution in [3.8, 4) is 0 Å². The fourth-order valence-corrected chi connectivity index (χ4v) is 2.97. The molecule has 0 aromatic heterocycles. The predicted octanol–water partition coefficient (Wildman–Crippen LogP) is 2.58. The summed E-state index contributed by atoms with van der Waals surface area (Å²) in [5.41, 5.74) is 1.06. The minimum Gasteiger partial charge on any atom is -0.336 e. The van der Waals surface area contributed by atoms with Gasteiger partial charge in [0, 0.05) is 30.2 Å². The number of nitrogens with zero attached hydrogens (tertiary/aromatic N) is 1. The van der Waals surface area contributed by atoms with Gasteiger partial charge in [-0.1, -0.05) is 12.1 Å². The summed E-state index contributed by atoms with van der Waals surface area (Å²) >= 11 is 1.66. The topological polar surface area (TPSA) is 54.5 Å². The molecule has 0 saturated heterocycles. The third-order valence-corrected chi connectivity index (χ3v) is 4.79. The van der Waals surface area contributed by atoms with Crippen LogP contribution in [0.15, 0.2) is 29.2 Å². The number of carbonyl (C=O) groups excluding carboxylic acids is 1. The first kappa shape index (κ1) is 18.0. The van der Waals surface area contributed by atoms with Gasteiger partial charge in [-0.2, -0.15) is 0 Å². The van der Waals surface area contributed by atoms with Gasteiger partial charge in [-0.25, -0.2) is 8.42 Å². The molecule has 1 aromatic carbocycles. The molecule has 0 atom stereocenters. The maximum absolute atomic E-state index is 12.2. The van der Waals surface area contributed by atoms with Crippen molar-refractivity contribution in [3.63, 3.8) is 0 Å². The fourth-order valence-electron chi connectivity index (χ4n) is 1.94. The van der Waals surface area contributed by atoms with Gasteiger partial charge in [0.1, 0.15) is 9.84 Å². The van der Waals surface area contributed by atoms with Gasteiger partial charge in [0.25, 0.3) is 0 Å². The highest BCUT2D eigenvalue weighted by Crippen LogP contribution is 2.18. The first-order valence-electron chi connectivity index (χ1n) is 6.83. The molecular weight excluding hydrogens is 306 g/mol. The van der Waals surface area contributed by atoms with Crippen LogP contribution in [0.3, 0.4) is 0 Å². The molecule has 0 fully saturated rings. The van der Waals surface area contributed by atoms with E-state index in [1.807, 2.05) is 38.3 Å².